The number of rotatable bonds is 2. The van der Waals surface area contributed by atoms with Crippen LogP contribution in [0, 0.1) is 5.41 Å². The summed E-state index contributed by atoms with van der Waals surface area (Å²) in [5.41, 5.74) is 3.35. The number of carbonyl (C=O) groups is 3. The maximum absolute atomic E-state index is 13.0. The van der Waals surface area contributed by atoms with Gasteiger partial charge in [0.15, 0.2) is 0 Å². The van der Waals surface area contributed by atoms with Crippen molar-refractivity contribution in [1.82, 2.24) is 15.5 Å². The SMILES string of the molecule is O=C1CCC(N2Cc3c(cccc3N3CCC4(CCNCC4)CC3)C2=O)C(=O)N1. The molecule has 7 nitrogen and oxygen atoms in total. The van der Waals surface area contributed by atoms with Gasteiger partial charge in [0.25, 0.3) is 5.91 Å². The first-order valence-corrected chi connectivity index (χ1v) is 10.8. The Bertz CT molecular complexity index is 852. The van der Waals surface area contributed by atoms with Crippen LogP contribution in [0.4, 0.5) is 5.69 Å². The molecule has 3 amide bonds. The largest absolute Gasteiger partial charge is 0.371 e. The van der Waals surface area contributed by atoms with Crippen LogP contribution in [-0.4, -0.2) is 54.8 Å². The molecule has 0 aliphatic carbocycles. The van der Waals surface area contributed by atoms with E-state index in [2.05, 4.69) is 21.6 Å². The Morgan fingerprint density at radius 3 is 2.48 bits per heavy atom. The van der Waals surface area contributed by atoms with Crippen molar-refractivity contribution >= 4 is 23.4 Å². The van der Waals surface area contributed by atoms with Crippen molar-refractivity contribution < 1.29 is 14.4 Å². The molecule has 0 radical (unpaired) electrons. The number of carbonyl (C=O) groups excluding carboxylic acids is 3. The molecule has 1 aromatic carbocycles. The number of imide groups is 1. The standard InChI is InChI=1S/C22H28N4O3/c27-19-5-4-18(20(28)24-19)26-14-16-15(21(26)29)2-1-3-17(16)25-12-8-22(9-13-25)6-10-23-11-7-22/h1-3,18,23H,4-14H2,(H,24,27,28). The highest BCUT2D eigenvalue weighted by Crippen LogP contribution is 2.42. The van der Waals surface area contributed by atoms with E-state index in [0.29, 0.717) is 23.9 Å². The molecule has 0 bridgehead atoms. The first-order valence-electron chi connectivity index (χ1n) is 10.8. The minimum Gasteiger partial charge on any atom is -0.371 e. The molecule has 7 heteroatoms. The van der Waals surface area contributed by atoms with Crippen molar-refractivity contribution in [2.45, 2.75) is 51.1 Å². The number of benzene rings is 1. The van der Waals surface area contributed by atoms with E-state index in [1.807, 2.05) is 12.1 Å². The quantitative estimate of drug-likeness (QED) is 0.739. The fraction of sp³-hybridized carbons (Fsp3) is 0.591. The third-order valence-corrected chi connectivity index (χ3v) is 7.39. The lowest BCUT2D eigenvalue weighted by atomic mass is 9.71. The fourth-order valence-corrected chi connectivity index (χ4v) is 5.54. The Morgan fingerprint density at radius 2 is 1.76 bits per heavy atom. The molecule has 1 spiro atoms. The van der Waals surface area contributed by atoms with Crippen molar-refractivity contribution in [3.63, 3.8) is 0 Å². The molecule has 5 rings (SSSR count). The summed E-state index contributed by atoms with van der Waals surface area (Å²) in [7, 11) is 0. The zero-order chi connectivity index (χ0) is 20.0. The van der Waals surface area contributed by atoms with Gasteiger partial charge in [-0.3, -0.25) is 19.7 Å². The first-order chi connectivity index (χ1) is 14.1. The molecule has 4 heterocycles. The third kappa shape index (κ3) is 3.21. The van der Waals surface area contributed by atoms with Crippen LogP contribution < -0.4 is 15.5 Å². The Morgan fingerprint density at radius 1 is 1.00 bits per heavy atom. The summed E-state index contributed by atoms with van der Waals surface area (Å²) >= 11 is 0. The van der Waals surface area contributed by atoms with E-state index in [-0.39, 0.29) is 24.1 Å². The van der Waals surface area contributed by atoms with Crippen LogP contribution in [0.15, 0.2) is 18.2 Å². The molecule has 154 valence electrons. The summed E-state index contributed by atoms with van der Waals surface area (Å²) in [4.78, 5) is 40.9. The van der Waals surface area contributed by atoms with Crippen molar-refractivity contribution in [3.05, 3.63) is 29.3 Å². The predicted octanol–water partition coefficient (Wildman–Crippen LogP) is 1.42. The zero-order valence-corrected chi connectivity index (χ0v) is 16.7. The number of fused-ring (bicyclic) bond motifs is 1. The average molecular weight is 396 g/mol. The Hall–Kier alpha value is -2.41. The minimum absolute atomic E-state index is 0.0943. The number of nitrogens with one attached hydrogen (secondary N) is 2. The van der Waals surface area contributed by atoms with Crippen LogP contribution in [0.2, 0.25) is 0 Å². The Balaban J connectivity index is 1.35. The lowest BCUT2D eigenvalue weighted by Crippen LogP contribution is -2.52. The van der Waals surface area contributed by atoms with Gasteiger partial charge in [-0.1, -0.05) is 6.07 Å². The monoisotopic (exact) mass is 396 g/mol. The predicted molar refractivity (Wildman–Crippen MR) is 108 cm³/mol. The highest BCUT2D eigenvalue weighted by molar-refractivity contribution is 6.06. The van der Waals surface area contributed by atoms with E-state index in [1.165, 1.54) is 25.7 Å². The van der Waals surface area contributed by atoms with Gasteiger partial charge in [-0.2, -0.15) is 0 Å². The summed E-state index contributed by atoms with van der Waals surface area (Å²) in [6, 6.07) is 5.38. The van der Waals surface area contributed by atoms with Crippen LogP contribution >= 0.6 is 0 Å². The van der Waals surface area contributed by atoms with E-state index in [0.717, 1.165) is 37.4 Å². The molecular formula is C22H28N4O3. The fourth-order valence-electron chi connectivity index (χ4n) is 5.54. The van der Waals surface area contributed by atoms with E-state index in [9.17, 15) is 14.4 Å². The highest BCUT2D eigenvalue weighted by Gasteiger charge is 2.41. The number of amides is 3. The molecule has 1 atom stereocenters. The van der Waals surface area contributed by atoms with Crippen molar-refractivity contribution in [2.24, 2.45) is 5.41 Å². The second-order valence-corrected chi connectivity index (χ2v) is 8.94. The van der Waals surface area contributed by atoms with Crippen molar-refractivity contribution in [1.29, 1.82) is 0 Å². The van der Waals surface area contributed by atoms with Gasteiger partial charge in [0, 0.05) is 42.9 Å². The van der Waals surface area contributed by atoms with Gasteiger partial charge in [0.05, 0.1) is 0 Å². The van der Waals surface area contributed by atoms with Gasteiger partial charge in [-0.15, -0.1) is 0 Å². The number of anilines is 1. The van der Waals surface area contributed by atoms with E-state index in [1.54, 1.807) is 4.90 Å². The summed E-state index contributed by atoms with van der Waals surface area (Å²) in [6.45, 7) is 4.72. The molecule has 3 fully saturated rings. The van der Waals surface area contributed by atoms with Crippen LogP contribution in [0.3, 0.4) is 0 Å². The van der Waals surface area contributed by atoms with Gasteiger partial charge in [-0.05, 0) is 62.7 Å². The van der Waals surface area contributed by atoms with Crippen molar-refractivity contribution in [3.8, 4) is 0 Å². The van der Waals surface area contributed by atoms with Gasteiger partial charge in [0.1, 0.15) is 6.04 Å². The molecule has 0 saturated carbocycles. The summed E-state index contributed by atoms with van der Waals surface area (Å²) in [5, 5.41) is 5.85. The van der Waals surface area contributed by atoms with E-state index >= 15 is 0 Å². The highest BCUT2D eigenvalue weighted by atomic mass is 16.2. The molecule has 4 aliphatic rings. The van der Waals surface area contributed by atoms with E-state index in [4.69, 9.17) is 0 Å². The topological polar surface area (TPSA) is 81.8 Å². The summed E-state index contributed by atoms with van der Waals surface area (Å²) in [5.74, 6) is -0.700. The lowest BCUT2D eigenvalue weighted by Gasteiger charge is -2.45. The summed E-state index contributed by atoms with van der Waals surface area (Å²) < 4.78 is 0. The Labute approximate surface area is 170 Å². The smallest absolute Gasteiger partial charge is 0.255 e. The van der Waals surface area contributed by atoms with Crippen molar-refractivity contribution in [2.75, 3.05) is 31.1 Å². The zero-order valence-electron chi connectivity index (χ0n) is 16.7. The second-order valence-electron chi connectivity index (χ2n) is 8.94. The normalized spacial score (nSPS) is 26.6. The van der Waals surface area contributed by atoms with Gasteiger partial charge in [0.2, 0.25) is 11.8 Å². The lowest BCUT2D eigenvalue weighted by molar-refractivity contribution is -0.136. The number of hydrogen-bond donors (Lipinski definition) is 2. The van der Waals surface area contributed by atoms with Gasteiger partial charge in [-0.25, -0.2) is 0 Å². The van der Waals surface area contributed by atoms with E-state index < -0.39 is 6.04 Å². The van der Waals surface area contributed by atoms with Crippen LogP contribution in [0.5, 0.6) is 0 Å². The Kier molecular flexibility index (Phi) is 4.57. The average Bonchev–Trinajstić information content (AvgIpc) is 3.06. The van der Waals surface area contributed by atoms with Crippen LogP contribution in [0.25, 0.3) is 0 Å². The molecule has 3 saturated heterocycles. The van der Waals surface area contributed by atoms with Gasteiger partial charge >= 0.3 is 0 Å². The molecule has 29 heavy (non-hydrogen) atoms. The van der Waals surface area contributed by atoms with Crippen LogP contribution in [0.1, 0.15) is 54.4 Å². The number of hydrogen-bond acceptors (Lipinski definition) is 5. The molecule has 4 aliphatic heterocycles. The molecule has 2 N–H and O–H groups in total. The minimum atomic E-state index is -0.556. The molecule has 1 unspecified atom stereocenters. The number of piperidine rings is 3. The molecular weight excluding hydrogens is 368 g/mol. The first kappa shape index (κ1) is 18.6. The maximum Gasteiger partial charge on any atom is 0.255 e. The second kappa shape index (κ2) is 7.13. The third-order valence-electron chi connectivity index (χ3n) is 7.39. The van der Waals surface area contributed by atoms with Gasteiger partial charge < -0.3 is 15.1 Å². The van der Waals surface area contributed by atoms with Crippen LogP contribution in [-0.2, 0) is 16.1 Å². The molecule has 0 aromatic heterocycles. The molecule has 1 aromatic rings. The summed E-state index contributed by atoms with van der Waals surface area (Å²) in [6.07, 6.45) is 5.60. The maximum atomic E-state index is 13.0. The number of nitrogens with zero attached hydrogens (tertiary/aromatic N) is 2.